The fraction of sp³-hybridized carbons (Fsp3) is 0.750. The molecule has 0 radical (unpaired) electrons. The van der Waals surface area contributed by atoms with Crippen molar-refractivity contribution in [3.63, 3.8) is 0 Å². The molecular formula is C4H10AsNO4. The second kappa shape index (κ2) is 4.68. The van der Waals surface area contributed by atoms with E-state index >= 15 is 0 Å². The minimum atomic E-state index is -2.67. The first-order chi connectivity index (χ1) is 4.54. The number of carboxylic acid groups (broad SMARTS) is 1. The van der Waals surface area contributed by atoms with E-state index in [1.54, 1.807) is 0 Å². The molecule has 1 atom stereocenters. The Kier molecular flexibility index (Phi) is 4.64. The quantitative estimate of drug-likeness (QED) is 0.413. The molecule has 0 saturated carbocycles. The maximum atomic E-state index is 10.0. The van der Waals surface area contributed by atoms with Crippen molar-refractivity contribution in [1.82, 2.24) is 0 Å². The van der Waals surface area contributed by atoms with Crippen LogP contribution in [0.2, 0.25) is 5.21 Å². The first-order valence-electron chi connectivity index (χ1n) is 2.67. The van der Waals surface area contributed by atoms with Gasteiger partial charge in [-0.05, 0) is 0 Å². The first kappa shape index (κ1) is 9.91. The molecule has 5 nitrogen and oxygen atoms in total. The van der Waals surface area contributed by atoms with Gasteiger partial charge in [-0.25, -0.2) is 0 Å². The molecule has 0 aliphatic carbocycles. The SMILES string of the molecule is N[C@H](CC[As](O)O)C(=O)O. The van der Waals surface area contributed by atoms with Crippen LogP contribution in [0.25, 0.3) is 0 Å². The van der Waals surface area contributed by atoms with Gasteiger partial charge in [-0.15, -0.1) is 0 Å². The molecule has 0 bridgehead atoms. The summed E-state index contributed by atoms with van der Waals surface area (Å²) in [5.41, 5.74) is 5.07. The van der Waals surface area contributed by atoms with Gasteiger partial charge in [0.05, 0.1) is 0 Å². The number of hydrogen-bond donors (Lipinski definition) is 4. The summed E-state index contributed by atoms with van der Waals surface area (Å²) in [6.45, 7) is 0. The monoisotopic (exact) mass is 211 g/mol. The Balaban J connectivity index is 3.40. The third kappa shape index (κ3) is 4.76. The summed E-state index contributed by atoms with van der Waals surface area (Å²) in [7, 11) is 0. The number of aliphatic carboxylic acids is 1. The Morgan fingerprint density at radius 2 is 2.10 bits per heavy atom. The Morgan fingerprint density at radius 3 is 2.40 bits per heavy atom. The second-order valence-corrected chi connectivity index (χ2v) is 4.33. The molecule has 0 rings (SSSR count). The van der Waals surface area contributed by atoms with Crippen molar-refractivity contribution in [2.75, 3.05) is 0 Å². The molecule has 0 aliphatic heterocycles. The zero-order valence-electron chi connectivity index (χ0n) is 5.27. The standard InChI is InChI=1S/C4H10AsNO4/c6-3(4(7)8)1-2-5(9)10/h3,9-10H,1-2,6H2,(H,7,8)/t3-/m1/s1. The molecule has 0 fully saturated rings. The molecule has 0 saturated heterocycles. The number of rotatable bonds is 4. The molecule has 6 heteroatoms. The molecule has 0 amide bonds. The Labute approximate surface area is 63.4 Å². The number of hydrogen-bond acceptors (Lipinski definition) is 4. The average molecular weight is 211 g/mol. The van der Waals surface area contributed by atoms with Crippen LogP contribution in [-0.4, -0.2) is 40.6 Å². The Bertz CT molecular complexity index is 118. The van der Waals surface area contributed by atoms with Gasteiger partial charge in [-0.1, -0.05) is 0 Å². The summed E-state index contributed by atoms with van der Waals surface area (Å²) in [5.74, 6) is -1.10. The summed E-state index contributed by atoms with van der Waals surface area (Å²) in [6, 6.07) is -0.962. The molecular weight excluding hydrogens is 201 g/mol. The predicted molar refractivity (Wildman–Crippen MR) is 35.2 cm³/mol. The molecule has 5 N–H and O–H groups in total. The topological polar surface area (TPSA) is 104 Å². The predicted octanol–water partition coefficient (Wildman–Crippen LogP) is -1.74. The molecule has 0 heterocycles. The zero-order chi connectivity index (χ0) is 8.15. The van der Waals surface area contributed by atoms with Crippen LogP contribution in [-0.2, 0) is 4.79 Å². The Morgan fingerprint density at radius 1 is 1.60 bits per heavy atom. The van der Waals surface area contributed by atoms with Crippen LogP contribution >= 0.6 is 0 Å². The van der Waals surface area contributed by atoms with Crippen LogP contribution < -0.4 is 5.73 Å². The van der Waals surface area contributed by atoms with Crippen molar-refractivity contribution in [3.05, 3.63) is 0 Å². The summed E-state index contributed by atoms with van der Waals surface area (Å²) in [6.07, 6.45) is 0.141. The molecule has 0 aromatic carbocycles. The van der Waals surface area contributed by atoms with Crippen molar-refractivity contribution in [1.29, 1.82) is 0 Å². The fourth-order valence-electron chi connectivity index (χ4n) is 0.378. The van der Waals surface area contributed by atoms with Gasteiger partial charge in [0.15, 0.2) is 0 Å². The van der Waals surface area contributed by atoms with Gasteiger partial charge in [0.2, 0.25) is 0 Å². The van der Waals surface area contributed by atoms with E-state index in [2.05, 4.69) is 0 Å². The van der Waals surface area contributed by atoms with E-state index in [1.807, 2.05) is 0 Å². The van der Waals surface area contributed by atoms with E-state index in [4.69, 9.17) is 19.0 Å². The van der Waals surface area contributed by atoms with E-state index in [-0.39, 0.29) is 11.6 Å². The second-order valence-electron chi connectivity index (χ2n) is 1.83. The van der Waals surface area contributed by atoms with Crippen LogP contribution in [0, 0.1) is 0 Å². The van der Waals surface area contributed by atoms with E-state index in [0.717, 1.165) is 0 Å². The van der Waals surface area contributed by atoms with Gasteiger partial charge in [0.25, 0.3) is 0 Å². The fourth-order valence-corrected chi connectivity index (χ4v) is 1.45. The molecule has 0 aromatic heterocycles. The van der Waals surface area contributed by atoms with Crippen LogP contribution in [0.1, 0.15) is 6.42 Å². The molecule has 0 spiro atoms. The Hall–Kier alpha value is -0.0916. The van der Waals surface area contributed by atoms with E-state index < -0.39 is 27.3 Å². The van der Waals surface area contributed by atoms with Gasteiger partial charge in [0.1, 0.15) is 0 Å². The zero-order valence-corrected chi connectivity index (χ0v) is 7.14. The van der Waals surface area contributed by atoms with Gasteiger partial charge in [0, 0.05) is 0 Å². The van der Waals surface area contributed by atoms with Crippen LogP contribution in [0.4, 0.5) is 0 Å². The summed E-state index contributed by atoms with van der Waals surface area (Å²) in [4.78, 5) is 10.0. The van der Waals surface area contributed by atoms with Crippen molar-refractivity contribution < 1.29 is 18.1 Å². The normalized spacial score (nSPS) is 13.6. The van der Waals surface area contributed by atoms with Crippen molar-refractivity contribution in [2.24, 2.45) is 5.73 Å². The van der Waals surface area contributed by atoms with Gasteiger partial charge in [-0.3, -0.25) is 0 Å². The number of carbonyl (C=O) groups is 1. The van der Waals surface area contributed by atoms with Crippen LogP contribution in [0.15, 0.2) is 0 Å². The molecule has 0 aliphatic rings. The van der Waals surface area contributed by atoms with E-state index in [9.17, 15) is 4.79 Å². The first-order valence-corrected chi connectivity index (χ1v) is 5.68. The van der Waals surface area contributed by atoms with Gasteiger partial charge >= 0.3 is 62.8 Å². The minimum absolute atomic E-state index is 0.139. The summed E-state index contributed by atoms with van der Waals surface area (Å²) < 4.78 is 16.9. The van der Waals surface area contributed by atoms with Crippen LogP contribution in [0.5, 0.6) is 0 Å². The average Bonchev–Trinajstić information content (AvgIpc) is 1.82. The molecule has 0 aromatic rings. The van der Waals surface area contributed by atoms with Crippen molar-refractivity contribution >= 4 is 21.3 Å². The van der Waals surface area contributed by atoms with Crippen molar-refractivity contribution in [3.8, 4) is 0 Å². The van der Waals surface area contributed by atoms with Crippen molar-refractivity contribution in [2.45, 2.75) is 17.7 Å². The van der Waals surface area contributed by atoms with Gasteiger partial charge in [-0.2, -0.15) is 0 Å². The number of nitrogens with two attached hydrogens (primary N) is 1. The van der Waals surface area contributed by atoms with Gasteiger partial charge < -0.3 is 0 Å². The summed E-state index contributed by atoms with van der Waals surface area (Å²) >= 11 is -2.67. The number of carboxylic acids is 1. The van der Waals surface area contributed by atoms with E-state index in [0.29, 0.717) is 0 Å². The maximum absolute atomic E-state index is 10.0. The molecule has 0 unspecified atom stereocenters. The third-order valence-electron chi connectivity index (χ3n) is 0.957. The van der Waals surface area contributed by atoms with E-state index in [1.165, 1.54) is 0 Å². The van der Waals surface area contributed by atoms with Crippen LogP contribution in [0.3, 0.4) is 0 Å². The molecule has 10 heavy (non-hydrogen) atoms. The third-order valence-corrected chi connectivity index (χ3v) is 2.34. The molecule has 60 valence electrons. The summed E-state index contributed by atoms with van der Waals surface area (Å²) in [5, 5.41) is 8.36.